The average Bonchev–Trinajstić information content (AvgIpc) is 1.86. The van der Waals surface area contributed by atoms with Crippen molar-refractivity contribution in [2.45, 2.75) is 12.8 Å². The van der Waals surface area contributed by atoms with E-state index in [4.69, 9.17) is 5.73 Å². The fourth-order valence-electron chi connectivity index (χ4n) is 0.696. The summed E-state index contributed by atoms with van der Waals surface area (Å²) in [6.45, 7) is 0.786. The summed E-state index contributed by atoms with van der Waals surface area (Å²) in [5.74, 6) is -2.79. The Kier molecular flexibility index (Phi) is 3.39. The molecule has 12 heavy (non-hydrogen) atoms. The first-order valence-corrected chi connectivity index (χ1v) is 3.11. The van der Waals surface area contributed by atoms with Crippen molar-refractivity contribution in [3.63, 3.8) is 0 Å². The van der Waals surface area contributed by atoms with Gasteiger partial charge in [-0.1, -0.05) is 6.07 Å². The summed E-state index contributed by atoms with van der Waals surface area (Å²) in [4.78, 5) is 3.47. The van der Waals surface area contributed by atoms with Gasteiger partial charge in [0, 0.05) is 6.92 Å². The molecule has 0 aliphatic heterocycles. The highest BCUT2D eigenvalue weighted by molar-refractivity contribution is 5.85. The van der Waals surface area contributed by atoms with Gasteiger partial charge in [0.2, 0.25) is 0 Å². The van der Waals surface area contributed by atoms with Crippen LogP contribution in [0, 0.1) is 0 Å². The fraction of sp³-hybridized carbons (Fsp3) is 0.286. The van der Waals surface area contributed by atoms with Crippen LogP contribution in [-0.2, 0) is 5.92 Å². The molecule has 68 valence electrons. The van der Waals surface area contributed by atoms with E-state index in [9.17, 15) is 8.78 Å². The normalized spacial score (nSPS) is 10.6. The fourth-order valence-corrected chi connectivity index (χ4v) is 0.696. The zero-order valence-electron chi connectivity index (χ0n) is 6.42. The first-order valence-electron chi connectivity index (χ1n) is 3.11. The topological polar surface area (TPSA) is 38.9 Å². The summed E-state index contributed by atoms with van der Waals surface area (Å²) in [7, 11) is 0. The molecular formula is C7H9ClF2N2. The van der Waals surface area contributed by atoms with Crippen LogP contribution in [0.15, 0.2) is 18.2 Å². The van der Waals surface area contributed by atoms with E-state index in [1.165, 1.54) is 18.2 Å². The average molecular weight is 195 g/mol. The van der Waals surface area contributed by atoms with Crippen LogP contribution in [0.1, 0.15) is 12.6 Å². The zero-order chi connectivity index (χ0) is 8.48. The Morgan fingerprint density at radius 3 is 2.33 bits per heavy atom. The van der Waals surface area contributed by atoms with Crippen LogP contribution in [0.4, 0.5) is 14.6 Å². The van der Waals surface area contributed by atoms with Gasteiger partial charge in [-0.3, -0.25) is 0 Å². The summed E-state index contributed by atoms with van der Waals surface area (Å²) < 4.78 is 25.0. The second kappa shape index (κ2) is 3.67. The van der Waals surface area contributed by atoms with Crippen LogP contribution in [0.25, 0.3) is 0 Å². The number of halogens is 3. The van der Waals surface area contributed by atoms with Crippen LogP contribution < -0.4 is 5.73 Å². The highest BCUT2D eigenvalue weighted by Crippen LogP contribution is 2.24. The van der Waals surface area contributed by atoms with Crippen molar-refractivity contribution in [2.24, 2.45) is 0 Å². The van der Waals surface area contributed by atoms with E-state index in [1.54, 1.807) is 0 Å². The molecule has 5 heteroatoms. The van der Waals surface area contributed by atoms with Gasteiger partial charge in [0.05, 0.1) is 0 Å². The Bertz CT molecular complexity index is 260. The minimum Gasteiger partial charge on any atom is -0.384 e. The Labute approximate surface area is 75.2 Å². The standard InChI is InChI=1S/C7H8F2N2.ClH/c1-7(8,9)5-3-2-4-6(10)11-5;/h2-4H,1H3,(H2,10,11);1H. The number of hydrogen-bond acceptors (Lipinski definition) is 2. The summed E-state index contributed by atoms with van der Waals surface area (Å²) in [5.41, 5.74) is 4.92. The van der Waals surface area contributed by atoms with Crippen molar-refractivity contribution < 1.29 is 8.78 Å². The van der Waals surface area contributed by atoms with E-state index >= 15 is 0 Å². The zero-order valence-corrected chi connectivity index (χ0v) is 7.24. The molecule has 0 atom stereocenters. The molecule has 0 bridgehead atoms. The molecule has 1 rings (SSSR count). The largest absolute Gasteiger partial charge is 0.384 e. The molecule has 0 unspecified atom stereocenters. The van der Waals surface area contributed by atoms with Crippen molar-refractivity contribution in [3.8, 4) is 0 Å². The van der Waals surface area contributed by atoms with Gasteiger partial charge in [0.15, 0.2) is 0 Å². The molecule has 2 nitrogen and oxygen atoms in total. The third-order valence-electron chi connectivity index (χ3n) is 1.22. The second-order valence-corrected chi connectivity index (χ2v) is 2.34. The van der Waals surface area contributed by atoms with Gasteiger partial charge in [-0.15, -0.1) is 12.4 Å². The van der Waals surface area contributed by atoms with Gasteiger partial charge in [-0.2, -0.15) is 8.78 Å². The molecule has 0 aliphatic rings. The molecule has 0 saturated carbocycles. The van der Waals surface area contributed by atoms with Crippen molar-refractivity contribution >= 4 is 18.2 Å². The van der Waals surface area contributed by atoms with Gasteiger partial charge in [0.1, 0.15) is 11.5 Å². The van der Waals surface area contributed by atoms with Crippen molar-refractivity contribution in [1.29, 1.82) is 0 Å². The van der Waals surface area contributed by atoms with Gasteiger partial charge >= 0.3 is 0 Å². The molecule has 0 amide bonds. The summed E-state index contributed by atoms with van der Waals surface area (Å²) >= 11 is 0. The van der Waals surface area contributed by atoms with E-state index in [1.807, 2.05) is 0 Å². The van der Waals surface area contributed by atoms with Gasteiger partial charge < -0.3 is 5.73 Å². The third kappa shape index (κ3) is 2.62. The number of rotatable bonds is 1. The molecular weight excluding hydrogens is 186 g/mol. The first-order chi connectivity index (χ1) is 5.00. The number of hydrogen-bond donors (Lipinski definition) is 1. The number of alkyl halides is 2. The van der Waals surface area contributed by atoms with Gasteiger partial charge in [-0.25, -0.2) is 4.98 Å². The third-order valence-corrected chi connectivity index (χ3v) is 1.22. The molecule has 1 heterocycles. The Balaban J connectivity index is 0.00000121. The number of pyridine rings is 1. The molecule has 1 aromatic rings. The van der Waals surface area contributed by atoms with Crippen molar-refractivity contribution in [2.75, 3.05) is 5.73 Å². The number of nitrogen functional groups attached to an aromatic ring is 1. The van der Waals surface area contributed by atoms with Crippen LogP contribution in [0.3, 0.4) is 0 Å². The van der Waals surface area contributed by atoms with Crippen molar-refractivity contribution in [1.82, 2.24) is 4.98 Å². The lowest BCUT2D eigenvalue weighted by Crippen LogP contribution is -2.10. The first kappa shape index (κ1) is 11.1. The number of aromatic nitrogens is 1. The Morgan fingerprint density at radius 1 is 1.42 bits per heavy atom. The molecule has 0 radical (unpaired) electrons. The van der Waals surface area contributed by atoms with Crippen LogP contribution in [-0.4, -0.2) is 4.98 Å². The maximum absolute atomic E-state index is 12.5. The van der Waals surface area contributed by atoms with Crippen LogP contribution in [0.5, 0.6) is 0 Å². The number of anilines is 1. The minimum absolute atomic E-state index is 0. The lowest BCUT2D eigenvalue weighted by molar-refractivity contribution is 0.0129. The van der Waals surface area contributed by atoms with E-state index in [0.717, 1.165) is 6.92 Å². The molecule has 2 N–H and O–H groups in total. The highest BCUT2D eigenvalue weighted by atomic mass is 35.5. The predicted octanol–water partition coefficient (Wildman–Crippen LogP) is 2.20. The monoisotopic (exact) mass is 194 g/mol. The van der Waals surface area contributed by atoms with Gasteiger partial charge in [0.25, 0.3) is 5.92 Å². The van der Waals surface area contributed by atoms with Crippen molar-refractivity contribution in [3.05, 3.63) is 23.9 Å². The summed E-state index contributed by atoms with van der Waals surface area (Å²) in [6.07, 6.45) is 0. The predicted molar refractivity (Wildman–Crippen MR) is 45.5 cm³/mol. The molecule has 0 aliphatic carbocycles. The minimum atomic E-state index is -2.91. The maximum Gasteiger partial charge on any atom is 0.287 e. The number of nitrogens with two attached hydrogens (primary N) is 1. The second-order valence-electron chi connectivity index (χ2n) is 2.34. The molecule has 0 spiro atoms. The molecule has 1 aromatic heterocycles. The van der Waals surface area contributed by atoms with E-state index in [-0.39, 0.29) is 23.9 Å². The maximum atomic E-state index is 12.5. The smallest absolute Gasteiger partial charge is 0.287 e. The lowest BCUT2D eigenvalue weighted by Gasteiger charge is -2.08. The lowest BCUT2D eigenvalue weighted by atomic mass is 10.2. The van der Waals surface area contributed by atoms with Crippen LogP contribution in [0.2, 0.25) is 0 Å². The Morgan fingerprint density at radius 2 is 2.00 bits per heavy atom. The van der Waals surface area contributed by atoms with Gasteiger partial charge in [-0.05, 0) is 12.1 Å². The molecule has 0 saturated heterocycles. The highest BCUT2D eigenvalue weighted by Gasteiger charge is 2.25. The van der Waals surface area contributed by atoms with E-state index < -0.39 is 5.92 Å². The Hall–Kier alpha value is -0.900. The number of nitrogens with zero attached hydrogens (tertiary/aromatic N) is 1. The molecule has 0 fully saturated rings. The SMILES string of the molecule is CC(F)(F)c1cccc(N)n1.Cl. The summed E-state index contributed by atoms with van der Waals surface area (Å²) in [6, 6.07) is 4.17. The quantitative estimate of drug-likeness (QED) is 0.745. The van der Waals surface area contributed by atoms with E-state index in [0.29, 0.717) is 0 Å². The molecule has 0 aromatic carbocycles. The van der Waals surface area contributed by atoms with E-state index in [2.05, 4.69) is 4.98 Å². The van der Waals surface area contributed by atoms with Crippen LogP contribution >= 0.6 is 12.4 Å². The summed E-state index contributed by atoms with van der Waals surface area (Å²) in [5, 5.41) is 0.